The van der Waals surface area contributed by atoms with Crippen LogP contribution in [0, 0.1) is 6.92 Å². The van der Waals surface area contributed by atoms with Crippen LogP contribution in [0.25, 0.3) is 0 Å². The van der Waals surface area contributed by atoms with Crippen molar-refractivity contribution in [3.8, 4) is 0 Å². The number of ether oxygens (including phenoxy) is 1. The largest absolute Gasteiger partial charge is 0.375 e. The van der Waals surface area contributed by atoms with Crippen LogP contribution in [0.3, 0.4) is 0 Å². The molecule has 8 heteroatoms. The molecule has 0 spiro atoms. The van der Waals surface area contributed by atoms with E-state index in [0.717, 1.165) is 78.7 Å². The first-order valence-corrected chi connectivity index (χ1v) is 13.7. The van der Waals surface area contributed by atoms with Gasteiger partial charge < -0.3 is 25.6 Å². The molecule has 1 aliphatic carbocycles. The number of morpholine rings is 1. The third kappa shape index (κ3) is 5.58. The van der Waals surface area contributed by atoms with E-state index >= 15 is 0 Å². The Bertz CT molecular complexity index is 1020. The van der Waals surface area contributed by atoms with E-state index < -0.39 is 0 Å². The topological polar surface area (TPSA) is 79.5 Å². The predicted octanol–water partition coefficient (Wildman–Crippen LogP) is 4.99. The fourth-order valence-electron chi connectivity index (χ4n) is 5.65. The van der Waals surface area contributed by atoms with Gasteiger partial charge in [-0.25, -0.2) is 9.97 Å². The molecule has 3 aliphatic rings. The highest BCUT2D eigenvalue weighted by molar-refractivity contribution is 6.31. The van der Waals surface area contributed by atoms with Crippen molar-refractivity contribution in [1.29, 1.82) is 0 Å². The SMILES string of the molecule is CCC1CN(c2cc(Nc3cc(C4CCN(C5CCC5)CC4)c(Cl)cc3CN)nc(C)n2)CCO1. The molecule has 35 heavy (non-hydrogen) atoms. The van der Waals surface area contributed by atoms with Gasteiger partial charge in [0.05, 0.1) is 12.7 Å². The number of aromatic nitrogens is 2. The van der Waals surface area contributed by atoms with Crippen LogP contribution in [-0.4, -0.2) is 59.8 Å². The number of hydrogen-bond donors (Lipinski definition) is 2. The number of hydrogen-bond acceptors (Lipinski definition) is 7. The van der Waals surface area contributed by atoms with Crippen molar-refractivity contribution < 1.29 is 4.74 Å². The summed E-state index contributed by atoms with van der Waals surface area (Å²) in [6.45, 7) is 9.27. The summed E-state index contributed by atoms with van der Waals surface area (Å²) >= 11 is 6.79. The van der Waals surface area contributed by atoms with Crippen molar-refractivity contribution in [3.05, 3.63) is 40.2 Å². The van der Waals surface area contributed by atoms with E-state index in [1.54, 1.807) is 0 Å². The van der Waals surface area contributed by atoms with Gasteiger partial charge in [0, 0.05) is 42.5 Å². The smallest absolute Gasteiger partial charge is 0.136 e. The van der Waals surface area contributed by atoms with Gasteiger partial charge in [-0.3, -0.25) is 0 Å². The second-order valence-corrected chi connectivity index (χ2v) is 10.7. The van der Waals surface area contributed by atoms with Crippen LogP contribution in [0.4, 0.5) is 17.3 Å². The molecular weight excluding hydrogens is 460 g/mol. The Balaban J connectivity index is 1.35. The Labute approximate surface area is 214 Å². The highest BCUT2D eigenvalue weighted by atomic mass is 35.5. The maximum absolute atomic E-state index is 6.79. The molecule has 0 amide bonds. The third-order valence-electron chi connectivity index (χ3n) is 8.01. The lowest BCUT2D eigenvalue weighted by molar-refractivity contribution is 0.0381. The second-order valence-electron chi connectivity index (χ2n) is 10.3. The molecule has 2 aliphatic heterocycles. The molecule has 1 aromatic heterocycles. The average molecular weight is 499 g/mol. The quantitative estimate of drug-likeness (QED) is 0.556. The number of nitrogens with zero attached hydrogens (tertiary/aromatic N) is 4. The van der Waals surface area contributed by atoms with Gasteiger partial charge in [0.1, 0.15) is 17.5 Å². The van der Waals surface area contributed by atoms with Crippen molar-refractivity contribution in [3.63, 3.8) is 0 Å². The summed E-state index contributed by atoms with van der Waals surface area (Å²) in [6.07, 6.45) is 7.69. The number of anilines is 3. The molecule has 3 heterocycles. The van der Waals surface area contributed by atoms with Crippen LogP contribution in [0.5, 0.6) is 0 Å². The Morgan fingerprint density at radius 3 is 2.60 bits per heavy atom. The molecule has 2 aromatic rings. The standard InChI is InChI=1S/C27H39ClN6O/c1-3-22-17-34(11-12-35-22)27-15-26(30-18(2)31-27)32-25-14-23(24(28)13-20(25)16-29)19-7-9-33(10-8-19)21-5-4-6-21/h13-15,19,21-22H,3-12,16-17,29H2,1-2H3,(H,30,31,32). The Kier molecular flexibility index (Phi) is 7.77. The van der Waals surface area contributed by atoms with E-state index in [1.807, 2.05) is 19.1 Å². The molecule has 5 rings (SSSR count). The summed E-state index contributed by atoms with van der Waals surface area (Å²) in [6, 6.07) is 7.11. The molecule has 0 bridgehead atoms. The van der Waals surface area contributed by atoms with Crippen molar-refractivity contribution in [2.45, 2.75) is 77.0 Å². The molecular formula is C27H39ClN6O. The van der Waals surface area contributed by atoms with Crippen LogP contribution in [0.15, 0.2) is 18.2 Å². The molecule has 3 N–H and O–H groups in total. The van der Waals surface area contributed by atoms with Gasteiger partial charge in [-0.2, -0.15) is 0 Å². The summed E-state index contributed by atoms with van der Waals surface area (Å²) in [5.41, 5.74) is 9.34. The highest BCUT2D eigenvalue weighted by Crippen LogP contribution is 2.39. The van der Waals surface area contributed by atoms with Crippen molar-refractivity contribution >= 4 is 28.9 Å². The van der Waals surface area contributed by atoms with Crippen LogP contribution in [0.1, 0.15) is 68.3 Å². The molecule has 1 unspecified atom stereocenters. The van der Waals surface area contributed by atoms with Gasteiger partial charge in [-0.05, 0) is 81.3 Å². The van der Waals surface area contributed by atoms with Crippen molar-refractivity contribution in [1.82, 2.24) is 14.9 Å². The zero-order valence-corrected chi connectivity index (χ0v) is 21.9. The molecule has 190 valence electrons. The van der Waals surface area contributed by atoms with Crippen molar-refractivity contribution in [2.75, 3.05) is 43.0 Å². The van der Waals surface area contributed by atoms with Gasteiger partial charge in [-0.15, -0.1) is 0 Å². The lowest BCUT2D eigenvalue weighted by atomic mass is 9.85. The van der Waals surface area contributed by atoms with E-state index in [4.69, 9.17) is 27.1 Å². The predicted molar refractivity (Wildman–Crippen MR) is 143 cm³/mol. The minimum atomic E-state index is 0.244. The van der Waals surface area contributed by atoms with Crippen LogP contribution in [0.2, 0.25) is 5.02 Å². The van der Waals surface area contributed by atoms with Crippen LogP contribution >= 0.6 is 11.6 Å². The monoisotopic (exact) mass is 498 g/mol. The van der Waals surface area contributed by atoms with E-state index in [0.29, 0.717) is 12.5 Å². The number of rotatable bonds is 7. The summed E-state index contributed by atoms with van der Waals surface area (Å²) in [5, 5.41) is 4.39. The highest BCUT2D eigenvalue weighted by Gasteiger charge is 2.30. The Morgan fingerprint density at radius 2 is 1.91 bits per heavy atom. The van der Waals surface area contributed by atoms with Gasteiger partial charge in [-0.1, -0.05) is 24.9 Å². The van der Waals surface area contributed by atoms with Crippen LogP contribution < -0.4 is 16.0 Å². The van der Waals surface area contributed by atoms with Gasteiger partial charge in [0.25, 0.3) is 0 Å². The maximum Gasteiger partial charge on any atom is 0.136 e. The number of nitrogens with one attached hydrogen (secondary N) is 1. The van der Waals surface area contributed by atoms with E-state index in [-0.39, 0.29) is 6.10 Å². The van der Waals surface area contributed by atoms with Crippen molar-refractivity contribution in [2.24, 2.45) is 5.73 Å². The average Bonchev–Trinajstić information content (AvgIpc) is 2.84. The first-order chi connectivity index (χ1) is 17.0. The molecule has 7 nitrogen and oxygen atoms in total. The Morgan fingerprint density at radius 1 is 1.11 bits per heavy atom. The van der Waals surface area contributed by atoms with E-state index in [2.05, 4.69) is 33.1 Å². The van der Waals surface area contributed by atoms with Gasteiger partial charge in [0.15, 0.2) is 0 Å². The molecule has 1 atom stereocenters. The second kappa shape index (κ2) is 11.0. The fraction of sp³-hybridized carbons (Fsp3) is 0.630. The molecule has 1 saturated carbocycles. The number of benzene rings is 1. The molecule has 1 aromatic carbocycles. The fourth-order valence-corrected chi connectivity index (χ4v) is 5.99. The van der Waals surface area contributed by atoms with Gasteiger partial charge in [0.2, 0.25) is 0 Å². The normalized spacial score (nSPS) is 22.3. The molecule has 3 fully saturated rings. The number of halogens is 1. The summed E-state index contributed by atoms with van der Waals surface area (Å²) in [4.78, 5) is 14.4. The first-order valence-electron chi connectivity index (χ1n) is 13.3. The van der Waals surface area contributed by atoms with E-state index in [1.165, 1.54) is 37.9 Å². The number of likely N-dealkylation sites (tertiary alicyclic amines) is 1. The lowest BCUT2D eigenvalue weighted by Gasteiger charge is -2.42. The zero-order chi connectivity index (χ0) is 24.4. The number of aryl methyl sites for hydroxylation is 1. The number of piperidine rings is 1. The van der Waals surface area contributed by atoms with E-state index in [9.17, 15) is 0 Å². The number of nitrogens with two attached hydrogens (primary N) is 1. The molecule has 2 saturated heterocycles. The summed E-state index contributed by atoms with van der Waals surface area (Å²) in [5.74, 6) is 2.95. The minimum absolute atomic E-state index is 0.244. The zero-order valence-electron chi connectivity index (χ0n) is 21.1. The van der Waals surface area contributed by atoms with Crippen LogP contribution in [-0.2, 0) is 11.3 Å². The maximum atomic E-state index is 6.79. The summed E-state index contributed by atoms with van der Waals surface area (Å²) < 4.78 is 5.85. The van der Waals surface area contributed by atoms with Gasteiger partial charge >= 0.3 is 0 Å². The first kappa shape index (κ1) is 24.8. The lowest BCUT2D eigenvalue weighted by Crippen LogP contribution is -2.44. The summed E-state index contributed by atoms with van der Waals surface area (Å²) in [7, 11) is 0. The Hall–Kier alpha value is -1.93. The minimum Gasteiger partial charge on any atom is -0.375 e. The molecule has 0 radical (unpaired) electrons. The third-order valence-corrected chi connectivity index (χ3v) is 8.34.